The number of hydrogen-bond donors (Lipinski definition) is 1. The van der Waals surface area contributed by atoms with E-state index in [1.54, 1.807) is 6.26 Å². The third kappa shape index (κ3) is 3.17. The van der Waals surface area contributed by atoms with Crippen LogP contribution in [0, 0.1) is 0 Å². The van der Waals surface area contributed by atoms with Crippen molar-refractivity contribution >= 4 is 15.9 Å². The minimum absolute atomic E-state index is 0.658. The summed E-state index contributed by atoms with van der Waals surface area (Å²) < 4.78 is 6.48. The zero-order valence-electron chi connectivity index (χ0n) is 9.74. The van der Waals surface area contributed by atoms with Gasteiger partial charge in [0.2, 0.25) is 5.89 Å². The third-order valence-electron chi connectivity index (χ3n) is 2.39. The molecule has 1 aromatic heterocycles. The lowest BCUT2D eigenvalue weighted by molar-refractivity contribution is 0.569. The Balaban J connectivity index is 2.10. The van der Waals surface area contributed by atoms with Gasteiger partial charge < -0.3 is 9.73 Å². The molecule has 0 aliphatic heterocycles. The highest BCUT2D eigenvalue weighted by Crippen LogP contribution is 2.26. The molecule has 17 heavy (non-hydrogen) atoms. The van der Waals surface area contributed by atoms with Crippen LogP contribution in [0.2, 0.25) is 0 Å². The van der Waals surface area contributed by atoms with Crippen molar-refractivity contribution in [2.24, 2.45) is 0 Å². The first-order valence-corrected chi connectivity index (χ1v) is 6.50. The van der Waals surface area contributed by atoms with E-state index in [1.165, 1.54) is 0 Å². The molecule has 3 nitrogen and oxygen atoms in total. The van der Waals surface area contributed by atoms with Crippen LogP contribution in [0.15, 0.2) is 39.4 Å². The first-order chi connectivity index (χ1) is 8.31. The first-order valence-electron chi connectivity index (χ1n) is 5.71. The van der Waals surface area contributed by atoms with Crippen molar-refractivity contribution in [2.45, 2.75) is 19.9 Å². The van der Waals surface area contributed by atoms with Gasteiger partial charge >= 0.3 is 0 Å². The highest BCUT2D eigenvalue weighted by molar-refractivity contribution is 9.10. The van der Waals surface area contributed by atoms with E-state index in [0.717, 1.165) is 35.2 Å². The van der Waals surface area contributed by atoms with Crippen LogP contribution in [0.25, 0.3) is 11.5 Å². The van der Waals surface area contributed by atoms with Gasteiger partial charge in [-0.25, -0.2) is 4.98 Å². The highest BCUT2D eigenvalue weighted by Gasteiger charge is 2.08. The van der Waals surface area contributed by atoms with Gasteiger partial charge in [-0.2, -0.15) is 0 Å². The Kier molecular flexibility index (Phi) is 4.34. The fourth-order valence-corrected chi connectivity index (χ4v) is 1.99. The Morgan fingerprint density at radius 1 is 1.35 bits per heavy atom. The van der Waals surface area contributed by atoms with Crippen molar-refractivity contribution in [3.05, 3.63) is 40.7 Å². The molecule has 0 unspecified atom stereocenters. The van der Waals surface area contributed by atoms with Crippen molar-refractivity contribution < 1.29 is 4.42 Å². The molecule has 90 valence electrons. The molecule has 2 aromatic rings. The van der Waals surface area contributed by atoms with Crippen molar-refractivity contribution in [3.63, 3.8) is 0 Å². The van der Waals surface area contributed by atoms with Crippen molar-refractivity contribution in [2.75, 3.05) is 6.54 Å². The van der Waals surface area contributed by atoms with Crippen LogP contribution in [0.5, 0.6) is 0 Å². The quantitative estimate of drug-likeness (QED) is 0.856. The first kappa shape index (κ1) is 12.3. The SMILES string of the molecule is CCCNCc1coc(-c2ccccc2Br)n1. The molecule has 0 aliphatic rings. The van der Waals surface area contributed by atoms with Gasteiger partial charge in [-0.3, -0.25) is 0 Å². The summed E-state index contributed by atoms with van der Waals surface area (Å²) >= 11 is 3.49. The average molecular weight is 295 g/mol. The van der Waals surface area contributed by atoms with Crippen LogP contribution in [0.4, 0.5) is 0 Å². The third-order valence-corrected chi connectivity index (χ3v) is 3.08. The minimum Gasteiger partial charge on any atom is -0.444 e. The molecule has 0 radical (unpaired) electrons. The Hall–Kier alpha value is -1.13. The molecule has 1 N–H and O–H groups in total. The fourth-order valence-electron chi connectivity index (χ4n) is 1.54. The number of rotatable bonds is 5. The normalized spacial score (nSPS) is 10.7. The van der Waals surface area contributed by atoms with E-state index in [4.69, 9.17) is 4.42 Å². The van der Waals surface area contributed by atoms with Gasteiger partial charge in [-0.05, 0) is 41.0 Å². The van der Waals surface area contributed by atoms with Gasteiger partial charge in [-0.1, -0.05) is 19.1 Å². The lowest BCUT2D eigenvalue weighted by Gasteiger charge is -1.98. The molecule has 1 heterocycles. The minimum atomic E-state index is 0.658. The van der Waals surface area contributed by atoms with E-state index in [9.17, 15) is 0 Å². The summed E-state index contributed by atoms with van der Waals surface area (Å²) in [6.45, 7) is 3.89. The average Bonchev–Trinajstić information content (AvgIpc) is 2.79. The molecular formula is C13H15BrN2O. The molecule has 0 saturated carbocycles. The molecule has 0 aliphatic carbocycles. The lowest BCUT2D eigenvalue weighted by Crippen LogP contribution is -2.13. The number of hydrogen-bond acceptors (Lipinski definition) is 3. The van der Waals surface area contributed by atoms with Crippen molar-refractivity contribution in [1.82, 2.24) is 10.3 Å². The standard InChI is InChI=1S/C13H15BrN2O/c1-2-7-15-8-10-9-17-13(16-10)11-5-3-4-6-12(11)14/h3-6,9,15H,2,7-8H2,1H3. The van der Waals surface area contributed by atoms with E-state index < -0.39 is 0 Å². The number of benzene rings is 1. The van der Waals surface area contributed by atoms with Gasteiger partial charge in [0.15, 0.2) is 0 Å². The van der Waals surface area contributed by atoms with Crippen LogP contribution >= 0.6 is 15.9 Å². The maximum atomic E-state index is 5.48. The Labute approximate surface area is 109 Å². The molecule has 0 amide bonds. The molecular weight excluding hydrogens is 280 g/mol. The second-order valence-corrected chi connectivity index (χ2v) is 4.65. The van der Waals surface area contributed by atoms with Gasteiger partial charge in [0.1, 0.15) is 6.26 Å². The van der Waals surface area contributed by atoms with Crippen LogP contribution in [-0.4, -0.2) is 11.5 Å². The maximum absolute atomic E-state index is 5.48. The second-order valence-electron chi connectivity index (χ2n) is 3.80. The Morgan fingerprint density at radius 3 is 2.94 bits per heavy atom. The number of nitrogens with one attached hydrogen (secondary N) is 1. The van der Waals surface area contributed by atoms with Gasteiger partial charge in [0.25, 0.3) is 0 Å². The zero-order chi connectivity index (χ0) is 12.1. The van der Waals surface area contributed by atoms with E-state index >= 15 is 0 Å². The Morgan fingerprint density at radius 2 is 2.18 bits per heavy atom. The van der Waals surface area contributed by atoms with Crippen LogP contribution in [-0.2, 0) is 6.54 Å². The molecule has 2 rings (SSSR count). The van der Waals surface area contributed by atoms with E-state index in [1.807, 2.05) is 24.3 Å². The predicted octanol–water partition coefficient (Wildman–Crippen LogP) is 3.60. The van der Waals surface area contributed by atoms with Crippen molar-refractivity contribution in [3.8, 4) is 11.5 Å². The number of halogens is 1. The van der Waals surface area contributed by atoms with Gasteiger partial charge in [-0.15, -0.1) is 0 Å². The molecule has 4 heteroatoms. The summed E-state index contributed by atoms with van der Waals surface area (Å²) in [4.78, 5) is 4.45. The molecule has 0 saturated heterocycles. The monoisotopic (exact) mass is 294 g/mol. The summed E-state index contributed by atoms with van der Waals surface area (Å²) in [5, 5.41) is 3.30. The van der Waals surface area contributed by atoms with Crippen molar-refractivity contribution in [1.29, 1.82) is 0 Å². The molecule has 1 aromatic carbocycles. The second kappa shape index (κ2) is 5.98. The zero-order valence-corrected chi connectivity index (χ0v) is 11.3. The summed E-state index contributed by atoms with van der Waals surface area (Å²) in [7, 11) is 0. The molecule has 0 bridgehead atoms. The van der Waals surface area contributed by atoms with Crippen LogP contribution in [0.3, 0.4) is 0 Å². The maximum Gasteiger partial charge on any atom is 0.227 e. The fraction of sp³-hybridized carbons (Fsp3) is 0.308. The molecule has 0 fully saturated rings. The van der Waals surface area contributed by atoms with E-state index in [-0.39, 0.29) is 0 Å². The number of oxazole rings is 1. The highest BCUT2D eigenvalue weighted by atomic mass is 79.9. The summed E-state index contributed by atoms with van der Waals surface area (Å²) in [5.74, 6) is 0.658. The lowest BCUT2D eigenvalue weighted by atomic mass is 10.2. The van der Waals surface area contributed by atoms with Gasteiger partial charge in [0.05, 0.1) is 11.3 Å². The van der Waals surface area contributed by atoms with Crippen LogP contribution in [0.1, 0.15) is 19.0 Å². The topological polar surface area (TPSA) is 38.1 Å². The number of nitrogens with zero attached hydrogens (tertiary/aromatic N) is 1. The van der Waals surface area contributed by atoms with Crippen LogP contribution < -0.4 is 5.32 Å². The van der Waals surface area contributed by atoms with E-state index in [2.05, 4.69) is 33.2 Å². The van der Waals surface area contributed by atoms with Gasteiger partial charge in [0, 0.05) is 11.0 Å². The molecule has 0 atom stereocenters. The summed E-state index contributed by atoms with van der Waals surface area (Å²) in [5.41, 5.74) is 1.92. The summed E-state index contributed by atoms with van der Waals surface area (Å²) in [6, 6.07) is 7.91. The summed E-state index contributed by atoms with van der Waals surface area (Å²) in [6.07, 6.45) is 2.83. The largest absolute Gasteiger partial charge is 0.444 e. The Bertz CT molecular complexity index is 482. The number of aromatic nitrogens is 1. The van der Waals surface area contributed by atoms with E-state index in [0.29, 0.717) is 5.89 Å². The predicted molar refractivity (Wildman–Crippen MR) is 71.6 cm³/mol. The molecule has 0 spiro atoms. The smallest absolute Gasteiger partial charge is 0.227 e.